The highest BCUT2D eigenvalue weighted by atomic mass is 19.4. The summed E-state index contributed by atoms with van der Waals surface area (Å²) in [5.41, 5.74) is -0.798. The molecule has 0 heterocycles. The summed E-state index contributed by atoms with van der Waals surface area (Å²) in [4.78, 5) is 11.6. The van der Waals surface area contributed by atoms with Crippen molar-refractivity contribution in [1.82, 2.24) is 10.6 Å². The largest absolute Gasteiger partial charge is 0.445 e. The van der Waals surface area contributed by atoms with Crippen LogP contribution in [0.1, 0.15) is 31.2 Å². The quantitative estimate of drug-likeness (QED) is 0.873. The molecule has 2 aliphatic carbocycles. The second kappa shape index (κ2) is 6.03. The van der Waals surface area contributed by atoms with Crippen LogP contribution < -0.4 is 10.6 Å². The van der Waals surface area contributed by atoms with E-state index >= 15 is 0 Å². The third-order valence-electron chi connectivity index (χ3n) is 4.45. The molecule has 1 aromatic rings. The van der Waals surface area contributed by atoms with Crippen molar-refractivity contribution in [1.29, 1.82) is 0 Å². The predicted molar refractivity (Wildman–Crippen MR) is 77.7 cm³/mol. The number of ether oxygens (including phenoxy) is 1. The van der Waals surface area contributed by atoms with Crippen LogP contribution in [0.3, 0.4) is 0 Å². The third-order valence-corrected chi connectivity index (χ3v) is 4.45. The fourth-order valence-electron chi connectivity index (χ4n) is 2.81. The Morgan fingerprint density at radius 2 is 1.83 bits per heavy atom. The molecule has 1 amide bonds. The number of amides is 1. The molecule has 0 bridgehead atoms. The predicted octanol–water partition coefficient (Wildman–Crippen LogP) is 3.13. The molecule has 0 unspecified atom stereocenters. The number of halogens is 3. The first-order chi connectivity index (χ1) is 10.9. The lowest BCUT2D eigenvalue weighted by atomic mass is 9.86. The van der Waals surface area contributed by atoms with Crippen molar-refractivity contribution in [2.75, 3.05) is 0 Å². The zero-order chi connectivity index (χ0) is 16.5. The molecule has 2 saturated carbocycles. The minimum absolute atomic E-state index is 0.125. The maximum Gasteiger partial charge on any atom is 0.407 e. The molecule has 3 rings (SSSR count). The molecule has 4 nitrogen and oxygen atoms in total. The molecule has 0 radical (unpaired) electrons. The molecule has 7 heteroatoms. The SMILES string of the molecule is O=C(NC1CC(NC2(C(F)(F)F)CC2)C1)OCc1ccccc1. The van der Waals surface area contributed by atoms with E-state index in [4.69, 9.17) is 4.74 Å². The Bertz CT molecular complexity index is 552. The van der Waals surface area contributed by atoms with Gasteiger partial charge in [-0.3, -0.25) is 0 Å². The van der Waals surface area contributed by atoms with Crippen LogP contribution in [-0.2, 0) is 11.3 Å². The monoisotopic (exact) mass is 328 g/mol. The molecular weight excluding hydrogens is 309 g/mol. The van der Waals surface area contributed by atoms with E-state index in [0.717, 1.165) is 5.56 Å². The van der Waals surface area contributed by atoms with Gasteiger partial charge in [0.2, 0.25) is 0 Å². The minimum Gasteiger partial charge on any atom is -0.445 e. The topological polar surface area (TPSA) is 50.4 Å². The van der Waals surface area contributed by atoms with Crippen molar-refractivity contribution in [3.05, 3.63) is 35.9 Å². The maximum absolute atomic E-state index is 12.8. The molecule has 0 atom stereocenters. The van der Waals surface area contributed by atoms with Crippen molar-refractivity contribution >= 4 is 6.09 Å². The Kier molecular flexibility index (Phi) is 4.23. The Hall–Kier alpha value is -1.76. The van der Waals surface area contributed by atoms with Gasteiger partial charge in [-0.15, -0.1) is 0 Å². The van der Waals surface area contributed by atoms with Gasteiger partial charge in [0.15, 0.2) is 0 Å². The summed E-state index contributed by atoms with van der Waals surface area (Å²) in [5, 5.41) is 5.37. The molecular formula is C16H19F3N2O2. The van der Waals surface area contributed by atoms with E-state index in [2.05, 4.69) is 10.6 Å². The summed E-state index contributed by atoms with van der Waals surface area (Å²) in [6.45, 7) is 0.179. The van der Waals surface area contributed by atoms with Crippen molar-refractivity contribution < 1.29 is 22.7 Å². The lowest BCUT2D eigenvalue weighted by Gasteiger charge is -2.39. The van der Waals surface area contributed by atoms with Gasteiger partial charge in [0, 0.05) is 12.1 Å². The van der Waals surface area contributed by atoms with Gasteiger partial charge in [0.25, 0.3) is 0 Å². The van der Waals surface area contributed by atoms with Crippen LogP contribution in [0.5, 0.6) is 0 Å². The summed E-state index contributed by atoms with van der Waals surface area (Å²) < 4.78 is 43.6. The van der Waals surface area contributed by atoms with Gasteiger partial charge in [-0.1, -0.05) is 30.3 Å². The van der Waals surface area contributed by atoms with Crippen molar-refractivity contribution in [2.45, 2.75) is 56.1 Å². The first kappa shape index (κ1) is 16.1. The number of carbonyl (C=O) groups is 1. The first-order valence-electron chi connectivity index (χ1n) is 7.70. The van der Waals surface area contributed by atoms with Crippen molar-refractivity contribution in [3.63, 3.8) is 0 Å². The Morgan fingerprint density at radius 1 is 1.17 bits per heavy atom. The van der Waals surface area contributed by atoms with Crippen LogP contribution >= 0.6 is 0 Å². The van der Waals surface area contributed by atoms with Gasteiger partial charge in [0.1, 0.15) is 12.1 Å². The molecule has 2 aliphatic rings. The van der Waals surface area contributed by atoms with Crippen LogP contribution in [-0.4, -0.2) is 29.9 Å². The minimum atomic E-state index is -4.19. The lowest BCUT2D eigenvalue weighted by Crippen LogP contribution is -2.58. The highest BCUT2D eigenvalue weighted by Gasteiger charge is 2.64. The number of carbonyl (C=O) groups excluding carboxylic acids is 1. The van der Waals surface area contributed by atoms with Crippen LogP contribution in [0.15, 0.2) is 30.3 Å². The molecule has 126 valence electrons. The summed E-state index contributed by atoms with van der Waals surface area (Å²) >= 11 is 0. The smallest absolute Gasteiger partial charge is 0.407 e. The maximum atomic E-state index is 12.8. The van der Waals surface area contributed by atoms with E-state index in [-0.39, 0.29) is 31.5 Å². The molecule has 23 heavy (non-hydrogen) atoms. The highest BCUT2D eigenvalue weighted by Crippen LogP contribution is 2.50. The molecule has 2 N–H and O–H groups in total. The Morgan fingerprint density at radius 3 is 2.39 bits per heavy atom. The van der Waals surface area contributed by atoms with Gasteiger partial charge in [-0.25, -0.2) is 4.79 Å². The standard InChI is InChI=1S/C16H19F3N2O2/c17-16(18,19)15(6-7-15)21-13-8-12(9-13)20-14(22)23-10-11-4-2-1-3-5-11/h1-5,12-13,21H,6-10H2,(H,20,22). The number of alkyl halides is 3. The molecule has 0 aromatic heterocycles. The van der Waals surface area contributed by atoms with E-state index < -0.39 is 17.8 Å². The van der Waals surface area contributed by atoms with Gasteiger partial charge >= 0.3 is 12.3 Å². The number of alkyl carbamates (subject to hydrolysis) is 1. The fourth-order valence-corrected chi connectivity index (χ4v) is 2.81. The fraction of sp³-hybridized carbons (Fsp3) is 0.562. The average molecular weight is 328 g/mol. The highest BCUT2D eigenvalue weighted by molar-refractivity contribution is 5.67. The van der Waals surface area contributed by atoms with E-state index in [9.17, 15) is 18.0 Å². The number of hydrogen-bond donors (Lipinski definition) is 2. The number of hydrogen-bond acceptors (Lipinski definition) is 3. The van der Waals surface area contributed by atoms with Gasteiger partial charge in [-0.2, -0.15) is 13.2 Å². The molecule has 0 saturated heterocycles. The Labute approximate surface area is 132 Å². The van der Waals surface area contributed by atoms with Crippen LogP contribution in [0, 0.1) is 0 Å². The second-order valence-corrected chi connectivity index (χ2v) is 6.30. The average Bonchev–Trinajstić information content (AvgIpc) is 3.25. The molecule has 1 aromatic carbocycles. The van der Waals surface area contributed by atoms with E-state index in [1.54, 1.807) is 0 Å². The number of benzene rings is 1. The van der Waals surface area contributed by atoms with Crippen LogP contribution in [0.4, 0.5) is 18.0 Å². The normalized spacial score (nSPS) is 25.3. The lowest BCUT2D eigenvalue weighted by molar-refractivity contribution is -0.169. The summed E-state index contributed by atoms with van der Waals surface area (Å²) in [6, 6.07) is 8.96. The third kappa shape index (κ3) is 3.77. The summed E-state index contributed by atoms with van der Waals surface area (Å²) in [5.74, 6) is 0. The Balaban J connectivity index is 1.35. The zero-order valence-corrected chi connectivity index (χ0v) is 12.5. The summed E-state index contributed by atoms with van der Waals surface area (Å²) in [7, 11) is 0. The van der Waals surface area contributed by atoms with Crippen molar-refractivity contribution in [3.8, 4) is 0 Å². The van der Waals surface area contributed by atoms with Gasteiger partial charge in [-0.05, 0) is 31.2 Å². The summed E-state index contributed by atoms with van der Waals surface area (Å²) in [6.07, 6.45) is -3.44. The van der Waals surface area contributed by atoms with E-state index in [1.807, 2.05) is 30.3 Å². The van der Waals surface area contributed by atoms with Crippen LogP contribution in [0.2, 0.25) is 0 Å². The zero-order valence-electron chi connectivity index (χ0n) is 12.5. The molecule has 0 spiro atoms. The van der Waals surface area contributed by atoms with Crippen LogP contribution in [0.25, 0.3) is 0 Å². The van der Waals surface area contributed by atoms with Crippen molar-refractivity contribution in [2.24, 2.45) is 0 Å². The number of rotatable bonds is 5. The molecule has 2 fully saturated rings. The van der Waals surface area contributed by atoms with E-state index in [0.29, 0.717) is 12.8 Å². The van der Waals surface area contributed by atoms with Gasteiger partial charge in [0.05, 0.1) is 0 Å². The number of nitrogens with one attached hydrogen (secondary N) is 2. The molecule has 0 aliphatic heterocycles. The second-order valence-electron chi connectivity index (χ2n) is 6.30. The van der Waals surface area contributed by atoms with E-state index in [1.165, 1.54) is 0 Å². The van der Waals surface area contributed by atoms with Gasteiger partial charge < -0.3 is 15.4 Å². The first-order valence-corrected chi connectivity index (χ1v) is 7.70.